The van der Waals surface area contributed by atoms with Gasteiger partial charge in [0, 0.05) is 28.3 Å². The molecule has 0 saturated carbocycles. The van der Waals surface area contributed by atoms with Crippen LogP contribution in [-0.4, -0.2) is 27.3 Å². The Labute approximate surface area is 49.5 Å². The molecule has 0 aromatic rings. The summed E-state index contributed by atoms with van der Waals surface area (Å²) in [4.78, 5) is 0. The molecule has 0 bridgehead atoms. The van der Waals surface area contributed by atoms with E-state index in [2.05, 4.69) is 21.1 Å². The van der Waals surface area contributed by atoms with Gasteiger partial charge in [0.25, 0.3) is 5.97 Å². The van der Waals surface area contributed by atoms with Crippen LogP contribution >= 0.6 is 0 Å². The fraction of sp³-hybridized carbons (Fsp3) is 0.800. The predicted octanol–water partition coefficient (Wildman–Crippen LogP) is 0.413. The van der Waals surface area contributed by atoms with Gasteiger partial charge in [-0.1, -0.05) is 0 Å². The van der Waals surface area contributed by atoms with Crippen LogP contribution in [0, 0.1) is 6.92 Å². The van der Waals surface area contributed by atoms with Crippen molar-refractivity contribution in [2.75, 3.05) is 21.3 Å². The second-order valence-electron chi connectivity index (χ2n) is 1.30. The molecule has 0 aromatic carbocycles. The van der Waals surface area contributed by atoms with E-state index < -0.39 is 5.97 Å². The van der Waals surface area contributed by atoms with Crippen LogP contribution in [0.4, 0.5) is 0 Å². The standard InChI is InChI=1S/C5H11O3/c1-5(6-2,7-3)8-4/h1H2,2-4H3. The molecular formula is C5H11O3. The van der Waals surface area contributed by atoms with E-state index in [-0.39, 0.29) is 0 Å². The van der Waals surface area contributed by atoms with Crippen molar-refractivity contribution < 1.29 is 14.2 Å². The molecule has 0 heterocycles. The Bertz CT molecular complexity index is 50.4. The molecule has 49 valence electrons. The van der Waals surface area contributed by atoms with E-state index in [1.54, 1.807) is 0 Å². The minimum Gasteiger partial charge on any atom is -0.331 e. The van der Waals surface area contributed by atoms with Crippen LogP contribution in [-0.2, 0) is 14.2 Å². The van der Waals surface area contributed by atoms with Gasteiger partial charge in [0.15, 0.2) is 0 Å². The zero-order valence-corrected chi connectivity index (χ0v) is 5.43. The Morgan fingerprint density at radius 1 is 1.00 bits per heavy atom. The summed E-state index contributed by atoms with van der Waals surface area (Å²) < 4.78 is 14.0. The van der Waals surface area contributed by atoms with Gasteiger partial charge in [0.1, 0.15) is 0 Å². The molecule has 8 heavy (non-hydrogen) atoms. The highest BCUT2D eigenvalue weighted by atomic mass is 16.9. The molecule has 3 nitrogen and oxygen atoms in total. The SMILES string of the molecule is [CH2]C(OC)(OC)OC. The molecule has 0 amide bonds. The van der Waals surface area contributed by atoms with Crippen molar-refractivity contribution in [1.82, 2.24) is 0 Å². The van der Waals surface area contributed by atoms with Crippen molar-refractivity contribution in [3.05, 3.63) is 6.92 Å². The molecule has 0 atom stereocenters. The lowest BCUT2D eigenvalue weighted by atomic mass is 10.6. The Hall–Kier alpha value is -0.120. The highest BCUT2D eigenvalue weighted by Crippen LogP contribution is 2.07. The van der Waals surface area contributed by atoms with Gasteiger partial charge < -0.3 is 14.2 Å². The smallest absolute Gasteiger partial charge is 0.282 e. The molecule has 1 radical (unpaired) electrons. The highest BCUT2D eigenvalue weighted by molar-refractivity contribution is 4.54. The highest BCUT2D eigenvalue weighted by Gasteiger charge is 2.20. The number of hydrogen-bond acceptors (Lipinski definition) is 3. The molecular weight excluding hydrogens is 108 g/mol. The summed E-state index contributed by atoms with van der Waals surface area (Å²) >= 11 is 0. The van der Waals surface area contributed by atoms with E-state index in [0.717, 1.165) is 0 Å². The van der Waals surface area contributed by atoms with Crippen LogP contribution in [0.1, 0.15) is 0 Å². The van der Waals surface area contributed by atoms with E-state index >= 15 is 0 Å². The van der Waals surface area contributed by atoms with Crippen molar-refractivity contribution in [3.8, 4) is 0 Å². The molecule has 0 N–H and O–H groups in total. The van der Waals surface area contributed by atoms with Crippen molar-refractivity contribution in [3.63, 3.8) is 0 Å². The molecule has 0 fully saturated rings. The molecule has 0 unspecified atom stereocenters. The van der Waals surface area contributed by atoms with E-state index in [1.165, 1.54) is 21.3 Å². The fourth-order valence-corrected chi connectivity index (χ4v) is 0.250. The largest absolute Gasteiger partial charge is 0.331 e. The number of ether oxygens (including phenoxy) is 3. The van der Waals surface area contributed by atoms with E-state index in [4.69, 9.17) is 0 Å². The van der Waals surface area contributed by atoms with Crippen molar-refractivity contribution >= 4 is 0 Å². The third-order valence-electron chi connectivity index (χ3n) is 0.933. The van der Waals surface area contributed by atoms with Gasteiger partial charge in [-0.15, -0.1) is 0 Å². The normalized spacial score (nSPS) is 12.0. The van der Waals surface area contributed by atoms with Gasteiger partial charge in [-0.2, -0.15) is 0 Å². The molecule has 0 aliphatic carbocycles. The van der Waals surface area contributed by atoms with Crippen LogP contribution in [0.3, 0.4) is 0 Å². The first-order valence-corrected chi connectivity index (χ1v) is 2.19. The minimum atomic E-state index is -1.12. The summed E-state index contributed by atoms with van der Waals surface area (Å²) in [6.07, 6.45) is 0. The molecule has 0 saturated heterocycles. The first kappa shape index (κ1) is 7.88. The van der Waals surface area contributed by atoms with Gasteiger partial charge >= 0.3 is 0 Å². The lowest BCUT2D eigenvalue weighted by Gasteiger charge is -2.22. The van der Waals surface area contributed by atoms with Crippen LogP contribution in [0.25, 0.3) is 0 Å². The first-order valence-electron chi connectivity index (χ1n) is 2.19. The average Bonchev–Trinajstić information content (AvgIpc) is 1.87. The number of hydrogen-bond donors (Lipinski definition) is 0. The summed E-state index contributed by atoms with van der Waals surface area (Å²) in [5.41, 5.74) is 0. The molecule has 0 rings (SSSR count). The Morgan fingerprint density at radius 3 is 1.25 bits per heavy atom. The minimum absolute atomic E-state index is 1.12. The topological polar surface area (TPSA) is 27.7 Å². The second kappa shape index (κ2) is 3.02. The predicted molar refractivity (Wildman–Crippen MR) is 29.1 cm³/mol. The summed E-state index contributed by atoms with van der Waals surface area (Å²) in [5.74, 6) is -1.12. The molecule has 3 heteroatoms. The summed E-state index contributed by atoms with van der Waals surface area (Å²) in [5, 5.41) is 0. The summed E-state index contributed by atoms with van der Waals surface area (Å²) in [6, 6.07) is 0. The van der Waals surface area contributed by atoms with Gasteiger partial charge in [-0.3, -0.25) is 0 Å². The van der Waals surface area contributed by atoms with Gasteiger partial charge in [-0.05, 0) is 0 Å². The maximum Gasteiger partial charge on any atom is 0.282 e. The van der Waals surface area contributed by atoms with Crippen LogP contribution < -0.4 is 0 Å². The monoisotopic (exact) mass is 119 g/mol. The number of rotatable bonds is 3. The lowest BCUT2D eigenvalue weighted by molar-refractivity contribution is -0.321. The van der Waals surface area contributed by atoms with Crippen molar-refractivity contribution in [1.29, 1.82) is 0 Å². The average molecular weight is 119 g/mol. The van der Waals surface area contributed by atoms with E-state index in [9.17, 15) is 0 Å². The van der Waals surface area contributed by atoms with Crippen LogP contribution in [0.5, 0.6) is 0 Å². The van der Waals surface area contributed by atoms with Gasteiger partial charge in [-0.25, -0.2) is 0 Å². The molecule has 0 spiro atoms. The van der Waals surface area contributed by atoms with Crippen LogP contribution in [0.15, 0.2) is 0 Å². The maximum absolute atomic E-state index is 4.68. The van der Waals surface area contributed by atoms with Crippen LogP contribution in [0.2, 0.25) is 0 Å². The Kier molecular flexibility index (Phi) is 2.97. The third-order valence-corrected chi connectivity index (χ3v) is 0.933. The third kappa shape index (κ3) is 1.78. The first-order chi connectivity index (χ1) is 3.68. The van der Waals surface area contributed by atoms with Crippen molar-refractivity contribution in [2.24, 2.45) is 0 Å². The molecule has 0 aliphatic rings. The molecule has 0 aliphatic heterocycles. The zero-order chi connectivity index (χ0) is 6.62. The quantitative estimate of drug-likeness (QED) is 0.504. The van der Waals surface area contributed by atoms with Crippen molar-refractivity contribution in [2.45, 2.75) is 5.97 Å². The number of methoxy groups -OCH3 is 3. The lowest BCUT2D eigenvalue weighted by Crippen LogP contribution is -2.31. The zero-order valence-electron chi connectivity index (χ0n) is 5.43. The molecule has 0 aromatic heterocycles. The van der Waals surface area contributed by atoms with Gasteiger partial charge in [0.2, 0.25) is 0 Å². The van der Waals surface area contributed by atoms with E-state index in [0.29, 0.717) is 0 Å². The van der Waals surface area contributed by atoms with Gasteiger partial charge in [0.05, 0.1) is 0 Å². The van der Waals surface area contributed by atoms with E-state index in [1.807, 2.05) is 0 Å². The maximum atomic E-state index is 4.68. The Balaban J connectivity index is 3.58. The summed E-state index contributed by atoms with van der Waals surface area (Å²) in [7, 11) is 4.38. The Morgan fingerprint density at radius 2 is 1.25 bits per heavy atom. The summed E-state index contributed by atoms with van der Waals surface area (Å²) in [6.45, 7) is 3.46. The fourth-order valence-electron chi connectivity index (χ4n) is 0.250. The second-order valence-corrected chi connectivity index (χ2v) is 1.30.